The van der Waals surface area contributed by atoms with Gasteiger partial charge < -0.3 is 10.6 Å². The van der Waals surface area contributed by atoms with Crippen LogP contribution in [0.25, 0.3) is 0 Å². The van der Waals surface area contributed by atoms with Crippen molar-refractivity contribution in [2.24, 2.45) is 5.73 Å². The van der Waals surface area contributed by atoms with Crippen LogP contribution in [0.1, 0.15) is 18.4 Å². The summed E-state index contributed by atoms with van der Waals surface area (Å²) in [5.41, 5.74) is 6.37. The van der Waals surface area contributed by atoms with Gasteiger partial charge in [0.2, 0.25) is 10.0 Å². The molecule has 0 amide bonds. The molecular formula is C14H22ClN3O2S. The van der Waals surface area contributed by atoms with Crippen molar-refractivity contribution >= 4 is 21.6 Å². The smallest absolute Gasteiger partial charge is 0.244 e. The first-order chi connectivity index (χ1) is 9.86. The summed E-state index contributed by atoms with van der Waals surface area (Å²) in [7, 11) is 0.321. The fraction of sp³-hybridized carbons (Fsp3) is 0.571. The number of nitrogens with two attached hydrogens (primary N) is 1. The number of halogens is 1. The van der Waals surface area contributed by atoms with E-state index < -0.39 is 10.0 Å². The standard InChI is InChI=1S/C14H22ClN3O2S/c1-17(2)10-12-4-3-7-18(12)21(19,20)14-8-11(9-16)5-6-13(14)15/h5-6,8,12H,3-4,7,9-10,16H2,1-2H3. The van der Waals surface area contributed by atoms with E-state index in [1.807, 2.05) is 19.0 Å². The van der Waals surface area contributed by atoms with Crippen LogP contribution in [0.5, 0.6) is 0 Å². The molecule has 1 aliphatic rings. The van der Waals surface area contributed by atoms with Crippen LogP contribution in [0.3, 0.4) is 0 Å². The van der Waals surface area contributed by atoms with Gasteiger partial charge in [-0.3, -0.25) is 0 Å². The number of nitrogens with zero attached hydrogens (tertiary/aromatic N) is 2. The molecular weight excluding hydrogens is 310 g/mol. The average Bonchev–Trinajstić information content (AvgIpc) is 2.87. The number of hydrogen-bond acceptors (Lipinski definition) is 4. The Morgan fingerprint density at radius 1 is 1.43 bits per heavy atom. The van der Waals surface area contributed by atoms with Gasteiger partial charge in [-0.2, -0.15) is 4.31 Å². The summed E-state index contributed by atoms with van der Waals surface area (Å²) in [5, 5.41) is 0.253. The largest absolute Gasteiger partial charge is 0.326 e. The van der Waals surface area contributed by atoms with E-state index in [1.165, 1.54) is 0 Å². The Balaban J connectivity index is 2.37. The second-order valence-electron chi connectivity index (χ2n) is 5.64. The summed E-state index contributed by atoms with van der Waals surface area (Å²) in [5.74, 6) is 0. The molecule has 0 saturated carbocycles. The number of sulfonamides is 1. The van der Waals surface area contributed by atoms with Crippen molar-refractivity contribution in [1.29, 1.82) is 0 Å². The molecule has 7 heteroatoms. The SMILES string of the molecule is CN(C)CC1CCCN1S(=O)(=O)c1cc(CN)ccc1Cl. The van der Waals surface area contributed by atoms with Crippen LogP contribution < -0.4 is 5.73 Å². The summed E-state index contributed by atoms with van der Waals surface area (Å²) in [6, 6.07) is 4.95. The maximum Gasteiger partial charge on any atom is 0.244 e. The molecule has 1 heterocycles. The first-order valence-electron chi connectivity index (χ1n) is 7.01. The lowest BCUT2D eigenvalue weighted by atomic mass is 10.2. The lowest BCUT2D eigenvalue weighted by molar-refractivity contribution is 0.291. The summed E-state index contributed by atoms with van der Waals surface area (Å²) >= 11 is 6.11. The highest BCUT2D eigenvalue weighted by molar-refractivity contribution is 7.89. The summed E-state index contributed by atoms with van der Waals surface area (Å²) in [6.45, 7) is 1.55. The van der Waals surface area contributed by atoms with Crippen LogP contribution in [0, 0.1) is 0 Å². The topological polar surface area (TPSA) is 66.6 Å². The molecule has 1 aliphatic heterocycles. The molecule has 0 spiro atoms. The van der Waals surface area contributed by atoms with Crippen molar-refractivity contribution in [2.45, 2.75) is 30.3 Å². The molecule has 1 aromatic carbocycles. The van der Waals surface area contributed by atoms with Crippen LogP contribution in [0.4, 0.5) is 0 Å². The van der Waals surface area contributed by atoms with Gasteiger partial charge in [0.25, 0.3) is 0 Å². The van der Waals surface area contributed by atoms with E-state index >= 15 is 0 Å². The molecule has 0 aromatic heterocycles. The van der Waals surface area contributed by atoms with Crippen molar-refractivity contribution in [3.05, 3.63) is 28.8 Å². The molecule has 2 N–H and O–H groups in total. The van der Waals surface area contributed by atoms with E-state index in [9.17, 15) is 8.42 Å². The molecule has 0 aliphatic carbocycles. The molecule has 21 heavy (non-hydrogen) atoms. The predicted octanol–water partition coefficient (Wildman–Crippen LogP) is 1.51. The molecule has 0 radical (unpaired) electrons. The van der Waals surface area contributed by atoms with E-state index in [0.29, 0.717) is 19.6 Å². The van der Waals surface area contributed by atoms with Crippen LogP contribution >= 0.6 is 11.6 Å². The lowest BCUT2D eigenvalue weighted by Gasteiger charge is -2.27. The fourth-order valence-corrected chi connectivity index (χ4v) is 4.94. The van der Waals surface area contributed by atoms with Gasteiger partial charge in [-0.1, -0.05) is 17.7 Å². The van der Waals surface area contributed by atoms with Gasteiger partial charge in [0.05, 0.1) is 5.02 Å². The third-order valence-corrected chi connectivity index (χ3v) is 6.15. The van der Waals surface area contributed by atoms with Crippen molar-refractivity contribution in [3.8, 4) is 0 Å². The van der Waals surface area contributed by atoms with Gasteiger partial charge in [-0.05, 0) is 44.6 Å². The first-order valence-corrected chi connectivity index (χ1v) is 8.83. The first kappa shape index (κ1) is 16.7. The third kappa shape index (κ3) is 3.57. The normalized spacial score (nSPS) is 20.3. The van der Waals surface area contributed by atoms with Gasteiger partial charge in [0.1, 0.15) is 4.90 Å². The van der Waals surface area contributed by atoms with Crippen molar-refractivity contribution < 1.29 is 8.42 Å². The van der Waals surface area contributed by atoms with E-state index in [4.69, 9.17) is 17.3 Å². The van der Waals surface area contributed by atoms with E-state index in [1.54, 1.807) is 22.5 Å². The lowest BCUT2D eigenvalue weighted by Crippen LogP contribution is -2.41. The molecule has 0 bridgehead atoms. The Morgan fingerprint density at radius 3 is 2.76 bits per heavy atom. The van der Waals surface area contributed by atoms with Gasteiger partial charge >= 0.3 is 0 Å². The molecule has 5 nitrogen and oxygen atoms in total. The quantitative estimate of drug-likeness (QED) is 0.888. The zero-order chi connectivity index (χ0) is 15.6. The van der Waals surface area contributed by atoms with Crippen molar-refractivity contribution in [1.82, 2.24) is 9.21 Å². The molecule has 2 rings (SSSR count). The van der Waals surface area contributed by atoms with Crippen LogP contribution in [-0.2, 0) is 16.6 Å². The van der Waals surface area contributed by atoms with Gasteiger partial charge in [-0.25, -0.2) is 8.42 Å². The van der Waals surface area contributed by atoms with Gasteiger partial charge in [0.15, 0.2) is 0 Å². The van der Waals surface area contributed by atoms with Gasteiger partial charge in [-0.15, -0.1) is 0 Å². The van der Waals surface area contributed by atoms with Crippen molar-refractivity contribution in [2.75, 3.05) is 27.2 Å². The molecule has 1 aromatic rings. The fourth-order valence-electron chi connectivity index (χ4n) is 2.73. The Bertz CT molecular complexity index is 604. The Hall–Kier alpha value is -0.660. The van der Waals surface area contributed by atoms with E-state index in [-0.39, 0.29) is 16.0 Å². The maximum atomic E-state index is 12.9. The third-order valence-electron chi connectivity index (χ3n) is 3.72. The van der Waals surface area contributed by atoms with E-state index in [0.717, 1.165) is 18.4 Å². The summed E-state index contributed by atoms with van der Waals surface area (Å²) < 4.78 is 27.4. The number of rotatable bonds is 5. The maximum absolute atomic E-state index is 12.9. The van der Waals surface area contributed by atoms with Crippen LogP contribution in [-0.4, -0.2) is 50.8 Å². The predicted molar refractivity (Wildman–Crippen MR) is 84.8 cm³/mol. The second kappa shape index (κ2) is 6.62. The monoisotopic (exact) mass is 331 g/mol. The number of benzene rings is 1. The van der Waals surface area contributed by atoms with E-state index in [2.05, 4.69) is 0 Å². The van der Waals surface area contributed by atoms with Crippen molar-refractivity contribution in [3.63, 3.8) is 0 Å². The molecule has 1 fully saturated rings. The molecule has 1 unspecified atom stereocenters. The summed E-state index contributed by atoms with van der Waals surface area (Å²) in [4.78, 5) is 2.17. The second-order valence-corrected chi connectivity index (χ2v) is 7.91. The highest BCUT2D eigenvalue weighted by Crippen LogP contribution is 2.31. The Morgan fingerprint density at radius 2 is 2.14 bits per heavy atom. The molecule has 1 atom stereocenters. The minimum absolute atomic E-state index is 0.00241. The Kier molecular flexibility index (Phi) is 5.27. The molecule has 1 saturated heterocycles. The number of likely N-dealkylation sites (N-methyl/N-ethyl adjacent to an activating group) is 1. The van der Waals surface area contributed by atoms with Crippen LogP contribution in [0.15, 0.2) is 23.1 Å². The highest BCUT2D eigenvalue weighted by Gasteiger charge is 2.36. The molecule has 118 valence electrons. The minimum Gasteiger partial charge on any atom is -0.326 e. The average molecular weight is 332 g/mol. The highest BCUT2D eigenvalue weighted by atomic mass is 35.5. The number of hydrogen-bond donors (Lipinski definition) is 1. The minimum atomic E-state index is -3.58. The van der Waals surface area contributed by atoms with Crippen LogP contribution in [0.2, 0.25) is 5.02 Å². The zero-order valence-corrected chi connectivity index (χ0v) is 14.0. The summed E-state index contributed by atoms with van der Waals surface area (Å²) in [6.07, 6.45) is 1.76. The van der Waals surface area contributed by atoms with Gasteiger partial charge in [0, 0.05) is 25.7 Å². The zero-order valence-electron chi connectivity index (χ0n) is 12.4. The Labute approximate surface area is 131 Å².